The van der Waals surface area contributed by atoms with Gasteiger partial charge in [-0.25, -0.2) is 4.79 Å². The molecule has 3 rings (SSSR count). The molecule has 0 radical (unpaired) electrons. The van der Waals surface area contributed by atoms with Crippen molar-refractivity contribution in [2.75, 3.05) is 20.3 Å². The number of ether oxygens (including phenoxy) is 2. The van der Waals surface area contributed by atoms with Gasteiger partial charge in [-0.2, -0.15) is 0 Å². The van der Waals surface area contributed by atoms with Gasteiger partial charge in [0.05, 0.1) is 13.7 Å². The number of benzene rings is 2. The average Bonchev–Trinajstić information content (AvgIpc) is 2.98. The Kier molecular flexibility index (Phi) is 6.65. The fraction of sp³-hybridized carbons (Fsp3) is 0.417. The van der Waals surface area contributed by atoms with Crippen molar-refractivity contribution in [3.05, 3.63) is 59.2 Å². The smallest absolute Gasteiger partial charge is 0.325 e. The van der Waals surface area contributed by atoms with Crippen molar-refractivity contribution < 1.29 is 19.1 Å². The molecule has 1 saturated heterocycles. The maximum atomic E-state index is 13.2. The Morgan fingerprint density at radius 1 is 1.07 bits per heavy atom. The van der Waals surface area contributed by atoms with E-state index in [4.69, 9.17) is 9.47 Å². The van der Waals surface area contributed by atoms with Crippen LogP contribution in [-0.2, 0) is 10.3 Å². The maximum absolute atomic E-state index is 13.2. The minimum absolute atomic E-state index is 0.195. The van der Waals surface area contributed by atoms with E-state index in [-0.39, 0.29) is 11.9 Å². The van der Waals surface area contributed by atoms with Crippen LogP contribution in [0.3, 0.4) is 0 Å². The van der Waals surface area contributed by atoms with E-state index in [0.29, 0.717) is 26.0 Å². The average molecular weight is 411 g/mol. The predicted molar refractivity (Wildman–Crippen MR) is 116 cm³/mol. The normalized spacial score (nSPS) is 18.5. The molecule has 1 aliphatic heterocycles. The second-order valence-corrected chi connectivity index (χ2v) is 7.70. The van der Waals surface area contributed by atoms with E-state index in [0.717, 1.165) is 34.6 Å². The first kappa shape index (κ1) is 21.7. The van der Waals surface area contributed by atoms with E-state index in [9.17, 15) is 9.59 Å². The van der Waals surface area contributed by atoms with Gasteiger partial charge in [0.1, 0.15) is 17.0 Å². The van der Waals surface area contributed by atoms with E-state index in [1.807, 2.05) is 63.2 Å². The zero-order valence-electron chi connectivity index (χ0n) is 18.2. The summed E-state index contributed by atoms with van der Waals surface area (Å²) in [6, 6.07) is 13.2. The van der Waals surface area contributed by atoms with Crippen molar-refractivity contribution in [3.8, 4) is 11.5 Å². The molecule has 160 valence electrons. The topological polar surface area (TPSA) is 67.9 Å². The van der Waals surface area contributed by atoms with E-state index < -0.39 is 5.54 Å². The number of imide groups is 1. The summed E-state index contributed by atoms with van der Waals surface area (Å²) in [7, 11) is 1.62. The number of carbonyl (C=O) groups is 2. The number of methoxy groups -OCH3 is 1. The van der Waals surface area contributed by atoms with Gasteiger partial charge >= 0.3 is 6.03 Å². The van der Waals surface area contributed by atoms with Crippen molar-refractivity contribution in [1.29, 1.82) is 0 Å². The first-order chi connectivity index (χ1) is 14.4. The van der Waals surface area contributed by atoms with Gasteiger partial charge in [-0.1, -0.05) is 25.1 Å². The molecule has 0 aliphatic carbocycles. The largest absolute Gasteiger partial charge is 0.496 e. The molecule has 1 N–H and O–H groups in total. The summed E-state index contributed by atoms with van der Waals surface area (Å²) in [4.78, 5) is 27.2. The number of rotatable bonds is 9. The summed E-state index contributed by atoms with van der Waals surface area (Å²) in [5, 5.41) is 2.94. The molecule has 0 spiro atoms. The molecule has 6 nitrogen and oxygen atoms in total. The van der Waals surface area contributed by atoms with Gasteiger partial charge < -0.3 is 14.8 Å². The third kappa shape index (κ3) is 4.27. The van der Waals surface area contributed by atoms with Gasteiger partial charge in [0.25, 0.3) is 5.91 Å². The number of hydrogen-bond donors (Lipinski definition) is 1. The SMILES string of the molecule is CCC1(c2ccc(OC)c(C)c2)NC(=O)N(CCCCOc2cccc(C)c2)C1=O. The highest BCUT2D eigenvalue weighted by Crippen LogP contribution is 2.34. The quantitative estimate of drug-likeness (QED) is 0.494. The second-order valence-electron chi connectivity index (χ2n) is 7.70. The fourth-order valence-corrected chi connectivity index (χ4v) is 3.88. The van der Waals surface area contributed by atoms with Gasteiger partial charge in [0.15, 0.2) is 0 Å². The van der Waals surface area contributed by atoms with Crippen LogP contribution in [0.4, 0.5) is 4.79 Å². The minimum atomic E-state index is -1.02. The second kappa shape index (κ2) is 9.20. The molecule has 1 atom stereocenters. The highest BCUT2D eigenvalue weighted by Gasteiger charge is 2.51. The molecule has 0 saturated carbocycles. The highest BCUT2D eigenvalue weighted by molar-refractivity contribution is 6.07. The van der Waals surface area contributed by atoms with Crippen LogP contribution >= 0.6 is 0 Å². The molecular weight excluding hydrogens is 380 g/mol. The maximum Gasteiger partial charge on any atom is 0.325 e. The molecule has 1 fully saturated rings. The van der Waals surface area contributed by atoms with E-state index >= 15 is 0 Å². The lowest BCUT2D eigenvalue weighted by Gasteiger charge is -2.26. The fourth-order valence-electron chi connectivity index (χ4n) is 3.88. The molecular formula is C24H30N2O4. The van der Waals surface area contributed by atoms with Crippen LogP contribution in [0.1, 0.15) is 42.9 Å². The molecule has 0 aromatic heterocycles. The molecule has 0 bridgehead atoms. The minimum Gasteiger partial charge on any atom is -0.496 e. The number of hydrogen-bond acceptors (Lipinski definition) is 4. The summed E-state index contributed by atoms with van der Waals surface area (Å²) in [5.41, 5.74) is 1.84. The molecule has 1 heterocycles. The van der Waals surface area contributed by atoms with Gasteiger partial charge in [-0.3, -0.25) is 9.69 Å². The molecule has 1 aliphatic rings. The van der Waals surface area contributed by atoms with Crippen molar-refractivity contribution in [1.82, 2.24) is 10.2 Å². The first-order valence-electron chi connectivity index (χ1n) is 10.4. The van der Waals surface area contributed by atoms with Crippen molar-refractivity contribution >= 4 is 11.9 Å². The Hall–Kier alpha value is -3.02. The molecule has 30 heavy (non-hydrogen) atoms. The van der Waals surface area contributed by atoms with Gasteiger partial charge in [0.2, 0.25) is 0 Å². The number of urea groups is 1. The number of nitrogens with one attached hydrogen (secondary N) is 1. The van der Waals surface area contributed by atoms with Gasteiger partial charge in [0, 0.05) is 6.54 Å². The number of unbranched alkanes of at least 4 members (excludes halogenated alkanes) is 1. The standard InChI is InChI=1S/C24H30N2O4/c1-5-24(19-11-12-21(29-4)18(3)16-19)22(27)26(23(28)25-24)13-6-7-14-30-20-10-8-9-17(2)15-20/h8-12,15-16H,5-7,13-14H2,1-4H3,(H,25,28). The molecule has 6 heteroatoms. The van der Waals surface area contributed by atoms with Crippen molar-refractivity contribution in [2.45, 2.75) is 45.6 Å². The zero-order chi connectivity index (χ0) is 21.7. The Balaban J connectivity index is 1.61. The van der Waals surface area contributed by atoms with Crippen molar-refractivity contribution in [2.24, 2.45) is 0 Å². The summed E-state index contributed by atoms with van der Waals surface area (Å²) in [6.45, 7) is 6.78. The van der Waals surface area contributed by atoms with Crippen LogP contribution in [0.2, 0.25) is 0 Å². The third-order valence-corrected chi connectivity index (χ3v) is 5.63. The lowest BCUT2D eigenvalue weighted by atomic mass is 9.86. The number of carbonyl (C=O) groups excluding carboxylic acids is 2. The van der Waals surface area contributed by atoms with E-state index in [1.165, 1.54) is 4.90 Å². The van der Waals surface area contributed by atoms with Crippen LogP contribution in [0.25, 0.3) is 0 Å². The predicted octanol–water partition coefficient (Wildman–Crippen LogP) is 4.33. The van der Waals surface area contributed by atoms with E-state index in [2.05, 4.69) is 5.32 Å². The summed E-state index contributed by atoms with van der Waals surface area (Å²) < 4.78 is 11.1. The molecule has 2 aromatic rings. The van der Waals surface area contributed by atoms with Crippen LogP contribution in [0, 0.1) is 13.8 Å². The Morgan fingerprint density at radius 3 is 2.53 bits per heavy atom. The van der Waals surface area contributed by atoms with Crippen molar-refractivity contribution in [3.63, 3.8) is 0 Å². The van der Waals surface area contributed by atoms with Crippen LogP contribution in [0.5, 0.6) is 11.5 Å². The monoisotopic (exact) mass is 410 g/mol. The van der Waals surface area contributed by atoms with E-state index in [1.54, 1.807) is 7.11 Å². The molecule has 2 aromatic carbocycles. The molecule has 1 unspecified atom stereocenters. The number of aryl methyl sites for hydroxylation is 2. The third-order valence-electron chi connectivity index (χ3n) is 5.63. The summed E-state index contributed by atoms with van der Waals surface area (Å²) in [6.07, 6.45) is 1.93. The van der Waals surface area contributed by atoms with Crippen LogP contribution in [-0.4, -0.2) is 37.1 Å². The van der Waals surface area contributed by atoms with Gasteiger partial charge in [-0.15, -0.1) is 0 Å². The molecule has 3 amide bonds. The summed E-state index contributed by atoms with van der Waals surface area (Å²) >= 11 is 0. The Morgan fingerprint density at radius 2 is 1.87 bits per heavy atom. The Labute approximate surface area is 178 Å². The lowest BCUT2D eigenvalue weighted by molar-refractivity contribution is -0.131. The first-order valence-corrected chi connectivity index (χ1v) is 10.4. The van der Waals surface area contributed by atoms with Crippen LogP contribution < -0.4 is 14.8 Å². The highest BCUT2D eigenvalue weighted by atomic mass is 16.5. The number of nitrogens with zero attached hydrogens (tertiary/aromatic N) is 1. The lowest BCUT2D eigenvalue weighted by Crippen LogP contribution is -2.43. The Bertz CT molecular complexity index is 927. The number of amides is 3. The van der Waals surface area contributed by atoms with Gasteiger partial charge in [-0.05, 0) is 74.1 Å². The zero-order valence-corrected chi connectivity index (χ0v) is 18.2. The summed E-state index contributed by atoms with van der Waals surface area (Å²) in [5.74, 6) is 1.40. The van der Waals surface area contributed by atoms with Crippen LogP contribution in [0.15, 0.2) is 42.5 Å².